The Bertz CT molecular complexity index is 743. The Kier molecular flexibility index (Phi) is 5.52. The van der Waals surface area contributed by atoms with Crippen LogP contribution in [0.2, 0.25) is 0 Å². The van der Waals surface area contributed by atoms with Crippen LogP contribution >= 0.6 is 42.5 Å². The van der Waals surface area contributed by atoms with E-state index in [-0.39, 0.29) is 0 Å². The highest BCUT2D eigenvalue weighted by Crippen LogP contribution is 2.36. The number of aromatic carboxylic acids is 1. The van der Waals surface area contributed by atoms with Crippen molar-refractivity contribution in [1.82, 2.24) is 4.72 Å². The molecule has 0 fully saturated rings. The monoisotopic (exact) mass is 470 g/mol. The maximum absolute atomic E-state index is 13.9. The molecule has 0 atom stereocenters. The van der Waals surface area contributed by atoms with E-state index < -0.39 is 53.1 Å². The number of carbonyl (C=O) groups excluding carboxylic acids is 1. The normalized spacial score (nSPS) is 11.1. The lowest BCUT2D eigenvalue weighted by Crippen LogP contribution is -2.32. The molecule has 21 heavy (non-hydrogen) atoms. The van der Waals surface area contributed by atoms with E-state index in [1.807, 2.05) is 0 Å². The predicted octanol–water partition coefficient (Wildman–Crippen LogP) is 2.79. The van der Waals surface area contributed by atoms with Gasteiger partial charge in [-0.2, -0.15) is 8.42 Å². The van der Waals surface area contributed by atoms with Crippen molar-refractivity contribution in [1.29, 1.82) is 0 Å². The van der Waals surface area contributed by atoms with Crippen molar-refractivity contribution in [3.05, 3.63) is 26.1 Å². The molecule has 0 aliphatic heterocycles. The van der Waals surface area contributed by atoms with Crippen molar-refractivity contribution in [2.24, 2.45) is 0 Å². The molecule has 1 aromatic rings. The second-order valence-corrected chi connectivity index (χ2v) is 7.19. The lowest BCUT2D eigenvalue weighted by molar-refractivity contribution is 0.0696. The first-order chi connectivity index (χ1) is 9.45. The summed E-state index contributed by atoms with van der Waals surface area (Å²) in [4.78, 5) is 22.3. The fourth-order valence-corrected chi connectivity index (χ4v) is 2.91. The first-order valence-corrected chi connectivity index (χ1v) is 8.47. The van der Waals surface area contributed by atoms with Crippen LogP contribution in [0.3, 0.4) is 0 Å². The van der Waals surface area contributed by atoms with Crippen LogP contribution in [0.15, 0.2) is 8.95 Å². The van der Waals surface area contributed by atoms with Gasteiger partial charge in [0.2, 0.25) is 0 Å². The van der Waals surface area contributed by atoms with E-state index in [9.17, 15) is 26.8 Å². The van der Waals surface area contributed by atoms with Crippen LogP contribution in [-0.4, -0.2) is 25.5 Å². The van der Waals surface area contributed by atoms with Crippen LogP contribution in [0, 0.1) is 11.6 Å². The molecular formula is C8H3Br2ClF2N2O5S. The van der Waals surface area contributed by atoms with Crippen LogP contribution < -0.4 is 10.0 Å². The zero-order chi connectivity index (χ0) is 16.5. The summed E-state index contributed by atoms with van der Waals surface area (Å²) in [6.07, 6.45) is 0. The predicted molar refractivity (Wildman–Crippen MR) is 75.6 cm³/mol. The van der Waals surface area contributed by atoms with E-state index in [4.69, 9.17) is 15.8 Å². The van der Waals surface area contributed by atoms with Crippen LogP contribution in [0.25, 0.3) is 0 Å². The fourth-order valence-electron chi connectivity index (χ4n) is 1.20. The smallest absolute Gasteiger partial charge is 0.339 e. The van der Waals surface area contributed by atoms with Gasteiger partial charge in [-0.15, -0.1) is 0 Å². The number of carboxylic acids is 1. The van der Waals surface area contributed by atoms with Crippen LogP contribution in [0.1, 0.15) is 10.4 Å². The molecule has 0 spiro atoms. The number of halogens is 5. The molecule has 0 radical (unpaired) electrons. The van der Waals surface area contributed by atoms with E-state index in [1.165, 1.54) is 4.72 Å². The van der Waals surface area contributed by atoms with E-state index in [0.717, 1.165) is 0 Å². The van der Waals surface area contributed by atoms with Crippen molar-refractivity contribution >= 4 is 69.5 Å². The average molecular weight is 472 g/mol. The summed E-state index contributed by atoms with van der Waals surface area (Å²) in [5, 5.41) is 10.6. The minimum absolute atomic E-state index is 0.646. The summed E-state index contributed by atoms with van der Waals surface area (Å²) in [7, 11) is 0.261. The van der Waals surface area contributed by atoms with Gasteiger partial charge in [-0.3, -0.25) is 0 Å². The van der Waals surface area contributed by atoms with Gasteiger partial charge in [0.15, 0.2) is 11.6 Å². The molecule has 0 aliphatic carbocycles. The number of hydrogen-bond acceptors (Lipinski definition) is 4. The maximum atomic E-state index is 13.9. The molecule has 7 nitrogen and oxygen atoms in total. The van der Waals surface area contributed by atoms with Gasteiger partial charge in [0.05, 0.1) is 14.6 Å². The molecule has 0 saturated carbocycles. The Balaban J connectivity index is 3.42. The minimum Gasteiger partial charge on any atom is -0.478 e. The molecule has 1 rings (SSSR count). The molecule has 0 aromatic heterocycles. The minimum atomic E-state index is -4.48. The molecule has 0 saturated heterocycles. The zero-order valence-electron chi connectivity index (χ0n) is 9.38. The largest absolute Gasteiger partial charge is 0.478 e. The number of nitrogens with one attached hydrogen (secondary N) is 2. The van der Waals surface area contributed by atoms with Gasteiger partial charge in [0, 0.05) is 10.7 Å². The quantitative estimate of drug-likeness (QED) is 0.356. The van der Waals surface area contributed by atoms with Gasteiger partial charge < -0.3 is 10.4 Å². The molecule has 1 aromatic carbocycles. The number of carboxylic acid groups (broad SMARTS) is 1. The van der Waals surface area contributed by atoms with E-state index in [0.29, 0.717) is 0 Å². The van der Waals surface area contributed by atoms with Gasteiger partial charge >= 0.3 is 21.2 Å². The molecule has 2 amide bonds. The molecule has 0 unspecified atom stereocenters. The van der Waals surface area contributed by atoms with Crippen molar-refractivity contribution in [2.45, 2.75) is 0 Å². The number of hydrogen-bond donors (Lipinski definition) is 3. The maximum Gasteiger partial charge on any atom is 0.339 e. The molecule has 116 valence electrons. The Morgan fingerprint density at radius 1 is 1.14 bits per heavy atom. The third-order valence-electron chi connectivity index (χ3n) is 1.93. The van der Waals surface area contributed by atoms with Crippen molar-refractivity contribution in [2.75, 3.05) is 5.32 Å². The molecule has 0 bridgehead atoms. The molecule has 0 aliphatic rings. The van der Waals surface area contributed by atoms with Gasteiger partial charge in [-0.25, -0.2) is 23.1 Å². The van der Waals surface area contributed by atoms with Crippen LogP contribution in [0.4, 0.5) is 19.3 Å². The summed E-state index contributed by atoms with van der Waals surface area (Å²) in [5.74, 6) is -4.47. The van der Waals surface area contributed by atoms with Crippen molar-refractivity contribution in [3.8, 4) is 0 Å². The van der Waals surface area contributed by atoms with Crippen molar-refractivity contribution < 1.29 is 31.9 Å². The Labute approximate surface area is 137 Å². The van der Waals surface area contributed by atoms with E-state index >= 15 is 0 Å². The third-order valence-corrected chi connectivity index (χ3v) is 4.04. The summed E-state index contributed by atoms with van der Waals surface area (Å²) in [6.45, 7) is 0. The standard InChI is InChI=1S/C8H3Br2ClF2N2O5S/c9-2-1(7(16)17)6(5(13)3(10)4(2)12)14-8(18)15-21(11,19)20/h(H,16,17)(H2,14,15,18). The number of benzene rings is 1. The Hall–Kier alpha value is -0.980. The first-order valence-electron chi connectivity index (χ1n) is 4.58. The van der Waals surface area contributed by atoms with Crippen LogP contribution in [-0.2, 0) is 9.24 Å². The van der Waals surface area contributed by atoms with E-state index in [1.54, 1.807) is 5.32 Å². The molecule has 3 N–H and O–H groups in total. The number of amides is 2. The Morgan fingerprint density at radius 2 is 1.67 bits per heavy atom. The topological polar surface area (TPSA) is 113 Å². The molecular weight excluding hydrogens is 469 g/mol. The Morgan fingerprint density at radius 3 is 2.10 bits per heavy atom. The number of carbonyl (C=O) groups is 2. The summed E-state index contributed by atoms with van der Waals surface area (Å²) >= 11 is 5.13. The van der Waals surface area contributed by atoms with Crippen LogP contribution in [0.5, 0.6) is 0 Å². The molecule has 0 heterocycles. The van der Waals surface area contributed by atoms with Gasteiger partial charge in [-0.1, -0.05) is 0 Å². The summed E-state index contributed by atoms with van der Waals surface area (Å²) in [5.41, 5.74) is -1.91. The highest BCUT2D eigenvalue weighted by atomic mass is 79.9. The zero-order valence-corrected chi connectivity index (χ0v) is 14.1. The second-order valence-electron chi connectivity index (χ2n) is 3.31. The second kappa shape index (κ2) is 6.42. The third kappa shape index (κ3) is 4.25. The summed E-state index contributed by atoms with van der Waals surface area (Å²) in [6, 6.07) is -1.53. The van der Waals surface area contributed by atoms with Gasteiger partial charge in [0.25, 0.3) is 0 Å². The number of anilines is 1. The number of urea groups is 1. The van der Waals surface area contributed by atoms with Crippen molar-refractivity contribution in [3.63, 3.8) is 0 Å². The highest BCUT2D eigenvalue weighted by Gasteiger charge is 2.28. The lowest BCUT2D eigenvalue weighted by Gasteiger charge is -2.13. The van der Waals surface area contributed by atoms with Gasteiger partial charge in [0.1, 0.15) is 5.56 Å². The lowest BCUT2D eigenvalue weighted by atomic mass is 10.1. The SMILES string of the molecule is O=C(Nc1c(F)c(Br)c(F)c(Br)c1C(=O)O)NS(=O)(=O)Cl. The highest BCUT2D eigenvalue weighted by molar-refractivity contribution is 9.11. The van der Waals surface area contributed by atoms with Gasteiger partial charge in [-0.05, 0) is 31.9 Å². The summed E-state index contributed by atoms with van der Waals surface area (Å²) < 4.78 is 48.5. The fraction of sp³-hybridized carbons (Fsp3) is 0. The molecule has 13 heteroatoms. The first kappa shape index (κ1) is 18.1. The van der Waals surface area contributed by atoms with E-state index in [2.05, 4.69) is 31.9 Å². The number of rotatable bonds is 3. The average Bonchev–Trinajstić information content (AvgIpc) is 2.30.